The van der Waals surface area contributed by atoms with Gasteiger partial charge in [0.05, 0.1) is 13.2 Å². The first-order valence-corrected chi connectivity index (χ1v) is 8.78. The second kappa shape index (κ2) is 12.1. The molecule has 0 unspecified atom stereocenters. The minimum Gasteiger partial charge on any atom is -0.378 e. The number of amides is 1. The molecule has 4 nitrogen and oxygen atoms in total. The van der Waals surface area contributed by atoms with E-state index in [1.54, 1.807) is 0 Å². The van der Waals surface area contributed by atoms with E-state index in [-0.39, 0.29) is 5.91 Å². The van der Waals surface area contributed by atoms with E-state index in [2.05, 4.69) is 49.2 Å². The van der Waals surface area contributed by atoms with Crippen molar-refractivity contribution < 1.29 is 9.53 Å². The summed E-state index contributed by atoms with van der Waals surface area (Å²) in [5, 5.41) is 2.92. The van der Waals surface area contributed by atoms with Crippen molar-refractivity contribution in [3.63, 3.8) is 0 Å². The highest BCUT2D eigenvalue weighted by molar-refractivity contribution is 5.75. The van der Waals surface area contributed by atoms with Gasteiger partial charge in [-0.2, -0.15) is 0 Å². The number of aryl methyl sites for hydroxylation is 2. The minimum atomic E-state index is 0.117. The minimum absolute atomic E-state index is 0.117. The van der Waals surface area contributed by atoms with Crippen LogP contribution in [0.5, 0.6) is 0 Å². The Hall–Kier alpha value is -1.39. The Morgan fingerprint density at radius 3 is 2.61 bits per heavy atom. The van der Waals surface area contributed by atoms with Crippen molar-refractivity contribution in [1.82, 2.24) is 10.2 Å². The maximum atomic E-state index is 11.8. The van der Waals surface area contributed by atoms with Gasteiger partial charge in [0.15, 0.2) is 0 Å². The van der Waals surface area contributed by atoms with Gasteiger partial charge in [0.25, 0.3) is 0 Å². The third-order valence-electron chi connectivity index (χ3n) is 4.13. The number of nitrogens with zero attached hydrogens (tertiary/aromatic N) is 1. The Kier molecular flexibility index (Phi) is 10.3. The van der Waals surface area contributed by atoms with E-state index < -0.39 is 0 Å². The van der Waals surface area contributed by atoms with E-state index in [1.165, 1.54) is 11.1 Å². The van der Waals surface area contributed by atoms with E-state index in [4.69, 9.17) is 4.74 Å². The first-order valence-electron chi connectivity index (χ1n) is 8.78. The lowest BCUT2D eigenvalue weighted by atomic mass is 10.0. The third-order valence-corrected chi connectivity index (χ3v) is 4.13. The molecular formula is C19H32N2O2. The standard InChI is InChI=1S/C19H32N2O2/c1-4-21(5-2)14-16-23-15-13-20-19(22)12-8-11-18-10-7-6-9-17(18)3/h6-7,9-10H,4-5,8,11-16H2,1-3H3,(H,20,22). The summed E-state index contributed by atoms with van der Waals surface area (Å²) in [6.07, 6.45) is 2.42. The highest BCUT2D eigenvalue weighted by Crippen LogP contribution is 2.10. The fourth-order valence-corrected chi connectivity index (χ4v) is 2.52. The molecule has 0 fully saturated rings. The highest BCUT2D eigenvalue weighted by atomic mass is 16.5. The number of carbonyl (C=O) groups excluding carboxylic acids is 1. The van der Waals surface area contributed by atoms with Gasteiger partial charge in [0.2, 0.25) is 5.91 Å². The highest BCUT2D eigenvalue weighted by Gasteiger charge is 2.03. The van der Waals surface area contributed by atoms with Crippen LogP contribution in [-0.2, 0) is 16.0 Å². The molecule has 0 bridgehead atoms. The van der Waals surface area contributed by atoms with E-state index in [0.717, 1.165) is 39.1 Å². The SMILES string of the molecule is CCN(CC)CCOCCNC(=O)CCCc1ccccc1C. The van der Waals surface area contributed by atoms with Crippen molar-refractivity contribution in [3.8, 4) is 0 Å². The number of benzene rings is 1. The summed E-state index contributed by atoms with van der Waals surface area (Å²) in [4.78, 5) is 14.1. The fraction of sp³-hybridized carbons (Fsp3) is 0.632. The predicted molar refractivity (Wildman–Crippen MR) is 95.7 cm³/mol. The number of hydrogen-bond donors (Lipinski definition) is 1. The van der Waals surface area contributed by atoms with Crippen LogP contribution in [0.4, 0.5) is 0 Å². The van der Waals surface area contributed by atoms with Crippen LogP contribution in [0, 0.1) is 6.92 Å². The largest absolute Gasteiger partial charge is 0.378 e. The Morgan fingerprint density at radius 1 is 1.17 bits per heavy atom. The van der Waals surface area contributed by atoms with Crippen LogP contribution in [-0.4, -0.2) is 50.2 Å². The first-order chi connectivity index (χ1) is 11.2. The summed E-state index contributed by atoms with van der Waals surface area (Å²) in [6.45, 7) is 11.4. The van der Waals surface area contributed by atoms with Crippen molar-refractivity contribution in [1.29, 1.82) is 0 Å². The molecule has 0 radical (unpaired) electrons. The second-order valence-electron chi connectivity index (χ2n) is 5.77. The topological polar surface area (TPSA) is 41.6 Å². The average Bonchev–Trinajstić information content (AvgIpc) is 2.56. The van der Waals surface area contributed by atoms with Crippen molar-refractivity contribution in [2.24, 2.45) is 0 Å². The van der Waals surface area contributed by atoms with Gasteiger partial charge in [-0.15, -0.1) is 0 Å². The lowest BCUT2D eigenvalue weighted by Crippen LogP contribution is -2.30. The van der Waals surface area contributed by atoms with Crippen LogP contribution in [0.2, 0.25) is 0 Å². The van der Waals surface area contributed by atoms with Gasteiger partial charge in [-0.25, -0.2) is 0 Å². The number of likely N-dealkylation sites (N-methyl/N-ethyl adjacent to an activating group) is 1. The van der Waals surface area contributed by atoms with Crippen molar-refractivity contribution in [3.05, 3.63) is 35.4 Å². The maximum absolute atomic E-state index is 11.8. The summed E-state index contributed by atoms with van der Waals surface area (Å²) in [7, 11) is 0. The maximum Gasteiger partial charge on any atom is 0.220 e. The zero-order valence-electron chi connectivity index (χ0n) is 14.9. The van der Waals surface area contributed by atoms with Crippen molar-refractivity contribution in [2.75, 3.05) is 39.4 Å². The van der Waals surface area contributed by atoms with Crippen LogP contribution < -0.4 is 5.32 Å². The van der Waals surface area contributed by atoms with Crippen LogP contribution in [0.25, 0.3) is 0 Å². The molecule has 0 atom stereocenters. The normalized spacial score (nSPS) is 11.0. The molecule has 4 heteroatoms. The number of hydrogen-bond acceptors (Lipinski definition) is 3. The van der Waals surface area contributed by atoms with E-state index in [0.29, 0.717) is 19.6 Å². The van der Waals surface area contributed by atoms with Crippen LogP contribution in [0.15, 0.2) is 24.3 Å². The molecule has 1 rings (SSSR count). The van der Waals surface area contributed by atoms with Crippen molar-refractivity contribution >= 4 is 5.91 Å². The van der Waals surface area contributed by atoms with Gasteiger partial charge in [-0.3, -0.25) is 4.79 Å². The molecule has 23 heavy (non-hydrogen) atoms. The molecule has 1 aromatic rings. The Labute approximate surface area is 141 Å². The Bertz CT molecular complexity index is 445. The number of nitrogens with one attached hydrogen (secondary N) is 1. The molecule has 0 aromatic heterocycles. The molecule has 0 saturated heterocycles. The Balaban J connectivity index is 2.01. The van der Waals surface area contributed by atoms with Gasteiger partial charge in [-0.05, 0) is 44.0 Å². The van der Waals surface area contributed by atoms with Crippen molar-refractivity contribution in [2.45, 2.75) is 40.0 Å². The number of ether oxygens (including phenoxy) is 1. The molecule has 1 amide bonds. The fourth-order valence-electron chi connectivity index (χ4n) is 2.52. The molecular weight excluding hydrogens is 288 g/mol. The summed E-state index contributed by atoms with van der Waals surface area (Å²) < 4.78 is 5.55. The van der Waals surface area contributed by atoms with Gasteiger partial charge < -0.3 is 15.0 Å². The van der Waals surface area contributed by atoms with E-state index in [9.17, 15) is 4.79 Å². The monoisotopic (exact) mass is 320 g/mol. The zero-order chi connectivity index (χ0) is 16.9. The van der Waals surface area contributed by atoms with Gasteiger partial charge >= 0.3 is 0 Å². The summed E-state index contributed by atoms with van der Waals surface area (Å²) in [5.74, 6) is 0.117. The molecule has 1 aromatic carbocycles. The molecule has 0 aliphatic heterocycles. The molecule has 0 saturated carbocycles. The zero-order valence-corrected chi connectivity index (χ0v) is 14.9. The number of rotatable bonds is 12. The average molecular weight is 320 g/mol. The predicted octanol–water partition coefficient (Wildman–Crippen LogP) is 2.79. The number of carbonyl (C=O) groups is 1. The van der Waals surface area contributed by atoms with Gasteiger partial charge in [0, 0.05) is 19.5 Å². The third kappa shape index (κ3) is 8.72. The van der Waals surface area contributed by atoms with Gasteiger partial charge in [0.1, 0.15) is 0 Å². The lowest BCUT2D eigenvalue weighted by molar-refractivity contribution is -0.121. The smallest absolute Gasteiger partial charge is 0.220 e. The molecule has 0 aliphatic rings. The second-order valence-corrected chi connectivity index (χ2v) is 5.77. The molecule has 130 valence electrons. The molecule has 0 heterocycles. The van der Waals surface area contributed by atoms with Crippen LogP contribution in [0.3, 0.4) is 0 Å². The van der Waals surface area contributed by atoms with E-state index in [1.807, 2.05) is 6.07 Å². The Morgan fingerprint density at radius 2 is 1.91 bits per heavy atom. The molecule has 1 N–H and O–H groups in total. The van der Waals surface area contributed by atoms with E-state index >= 15 is 0 Å². The molecule has 0 aliphatic carbocycles. The van der Waals surface area contributed by atoms with Crippen LogP contribution >= 0.6 is 0 Å². The van der Waals surface area contributed by atoms with Gasteiger partial charge in [-0.1, -0.05) is 38.1 Å². The summed E-state index contributed by atoms with van der Waals surface area (Å²) in [5.41, 5.74) is 2.63. The quantitative estimate of drug-likeness (QED) is 0.602. The summed E-state index contributed by atoms with van der Waals surface area (Å²) in [6, 6.07) is 8.35. The summed E-state index contributed by atoms with van der Waals surface area (Å²) >= 11 is 0. The molecule has 0 spiro atoms. The lowest BCUT2D eigenvalue weighted by Gasteiger charge is -2.17. The van der Waals surface area contributed by atoms with Crippen LogP contribution in [0.1, 0.15) is 37.8 Å². The first kappa shape index (κ1) is 19.7.